The summed E-state index contributed by atoms with van der Waals surface area (Å²) in [6.07, 6.45) is 2.49. The van der Waals surface area contributed by atoms with E-state index in [2.05, 4.69) is 20.2 Å². The van der Waals surface area contributed by atoms with Gasteiger partial charge in [0.05, 0.1) is 12.4 Å². The molecule has 0 radical (unpaired) electrons. The minimum absolute atomic E-state index is 0.130. The van der Waals surface area contributed by atoms with Gasteiger partial charge >= 0.3 is 11.7 Å². The molecule has 0 saturated heterocycles. The summed E-state index contributed by atoms with van der Waals surface area (Å²) in [4.78, 5) is 29.6. The van der Waals surface area contributed by atoms with Crippen molar-refractivity contribution >= 4 is 17.7 Å². The van der Waals surface area contributed by atoms with Crippen molar-refractivity contribution in [2.75, 3.05) is 0 Å². The number of rotatable bonds is 4. The Morgan fingerprint density at radius 1 is 1.50 bits per heavy atom. The van der Waals surface area contributed by atoms with Crippen LogP contribution in [0, 0.1) is 0 Å². The van der Waals surface area contributed by atoms with Crippen LogP contribution in [0.2, 0.25) is 0 Å². The number of carboxylic acids is 1. The summed E-state index contributed by atoms with van der Waals surface area (Å²) in [5.41, 5.74) is -0.427. The summed E-state index contributed by atoms with van der Waals surface area (Å²) in [6, 6.07) is 0. The Morgan fingerprint density at radius 2 is 2.28 bits per heavy atom. The Morgan fingerprint density at radius 3 is 2.83 bits per heavy atom. The molecule has 2 rings (SSSR count). The predicted octanol–water partition coefficient (Wildman–Crippen LogP) is 0.231. The standard InChI is InChI=1S/C9H9N5O3S/c1-2-14-8(17)12-13-9(14)18-6-4-10-5(3-11-6)7(15)16/h3-4H,2H2,1H3,(H,12,17)(H,15,16). The lowest BCUT2D eigenvalue weighted by atomic mass is 10.5. The summed E-state index contributed by atoms with van der Waals surface area (Å²) in [5.74, 6) is -1.13. The van der Waals surface area contributed by atoms with Gasteiger partial charge in [-0.2, -0.15) is 0 Å². The van der Waals surface area contributed by atoms with Crippen LogP contribution < -0.4 is 5.69 Å². The molecule has 0 bridgehead atoms. The maximum atomic E-state index is 11.3. The molecule has 2 aromatic rings. The molecule has 94 valence electrons. The second-order valence-corrected chi connectivity index (χ2v) is 4.19. The lowest BCUT2D eigenvalue weighted by Crippen LogP contribution is -2.16. The largest absolute Gasteiger partial charge is 0.476 e. The minimum Gasteiger partial charge on any atom is -0.476 e. The summed E-state index contributed by atoms with van der Waals surface area (Å²) >= 11 is 1.13. The first-order chi connectivity index (χ1) is 8.61. The molecule has 2 N–H and O–H groups in total. The van der Waals surface area contributed by atoms with E-state index in [1.807, 2.05) is 6.92 Å². The van der Waals surface area contributed by atoms with Crippen LogP contribution in [0.15, 0.2) is 27.4 Å². The third kappa shape index (κ3) is 2.40. The van der Waals surface area contributed by atoms with E-state index in [9.17, 15) is 9.59 Å². The van der Waals surface area contributed by atoms with Crippen LogP contribution in [0.1, 0.15) is 17.4 Å². The minimum atomic E-state index is -1.13. The van der Waals surface area contributed by atoms with Crippen LogP contribution in [0.4, 0.5) is 0 Å². The van der Waals surface area contributed by atoms with Gasteiger partial charge in [-0.1, -0.05) is 0 Å². The number of hydrogen-bond acceptors (Lipinski definition) is 6. The van der Waals surface area contributed by atoms with E-state index < -0.39 is 5.97 Å². The van der Waals surface area contributed by atoms with Gasteiger partial charge in [-0.25, -0.2) is 24.7 Å². The molecule has 2 heterocycles. The summed E-state index contributed by atoms with van der Waals surface area (Å²) in [7, 11) is 0. The van der Waals surface area contributed by atoms with Crippen molar-refractivity contribution < 1.29 is 9.90 Å². The SMILES string of the molecule is CCn1c(Sc2cnc(C(=O)O)cn2)n[nH]c1=O. The van der Waals surface area contributed by atoms with Gasteiger partial charge < -0.3 is 5.11 Å². The van der Waals surface area contributed by atoms with Crippen LogP contribution in [0.25, 0.3) is 0 Å². The van der Waals surface area contributed by atoms with Crippen LogP contribution in [-0.2, 0) is 6.54 Å². The zero-order valence-corrected chi connectivity index (χ0v) is 10.1. The number of nitrogens with zero attached hydrogens (tertiary/aromatic N) is 4. The Labute approximate surface area is 105 Å². The molecule has 0 fully saturated rings. The van der Waals surface area contributed by atoms with Crippen molar-refractivity contribution in [3.05, 3.63) is 28.6 Å². The summed E-state index contributed by atoms with van der Waals surface area (Å²) < 4.78 is 1.44. The third-order valence-corrected chi connectivity index (χ3v) is 3.00. The van der Waals surface area contributed by atoms with Crippen LogP contribution in [0.3, 0.4) is 0 Å². The second-order valence-electron chi connectivity index (χ2n) is 3.20. The number of aromatic carboxylic acids is 1. The first-order valence-electron chi connectivity index (χ1n) is 5.00. The number of aromatic nitrogens is 5. The molecule has 8 nitrogen and oxygen atoms in total. The normalized spacial score (nSPS) is 10.5. The zero-order chi connectivity index (χ0) is 13.1. The van der Waals surface area contributed by atoms with Gasteiger partial charge in [0.25, 0.3) is 0 Å². The zero-order valence-electron chi connectivity index (χ0n) is 9.32. The van der Waals surface area contributed by atoms with E-state index in [0.717, 1.165) is 18.0 Å². The van der Waals surface area contributed by atoms with E-state index in [1.165, 1.54) is 10.8 Å². The highest BCUT2D eigenvalue weighted by Crippen LogP contribution is 2.21. The van der Waals surface area contributed by atoms with E-state index in [-0.39, 0.29) is 11.4 Å². The highest BCUT2D eigenvalue weighted by atomic mass is 32.2. The fraction of sp³-hybridized carbons (Fsp3) is 0.222. The average molecular weight is 267 g/mol. The van der Waals surface area contributed by atoms with E-state index in [4.69, 9.17) is 5.11 Å². The lowest BCUT2D eigenvalue weighted by Gasteiger charge is -2.01. The molecule has 0 unspecified atom stereocenters. The van der Waals surface area contributed by atoms with Crippen molar-refractivity contribution in [2.24, 2.45) is 0 Å². The van der Waals surface area contributed by atoms with Gasteiger partial charge in [0.15, 0.2) is 10.9 Å². The topological polar surface area (TPSA) is 114 Å². The van der Waals surface area contributed by atoms with Crippen molar-refractivity contribution in [1.82, 2.24) is 24.7 Å². The number of hydrogen-bond donors (Lipinski definition) is 2. The molecular weight excluding hydrogens is 258 g/mol. The maximum absolute atomic E-state index is 11.3. The summed E-state index contributed by atoms with van der Waals surface area (Å²) in [5, 5.41) is 15.8. The van der Waals surface area contributed by atoms with Crippen LogP contribution in [-0.4, -0.2) is 35.8 Å². The van der Waals surface area contributed by atoms with Crippen molar-refractivity contribution in [3.63, 3.8) is 0 Å². The van der Waals surface area contributed by atoms with E-state index in [0.29, 0.717) is 16.7 Å². The third-order valence-electron chi connectivity index (χ3n) is 2.08. The maximum Gasteiger partial charge on any atom is 0.356 e. The average Bonchev–Trinajstić information content (AvgIpc) is 2.70. The molecule has 9 heteroatoms. The number of aromatic amines is 1. The second kappa shape index (κ2) is 5.00. The summed E-state index contributed by atoms with van der Waals surface area (Å²) in [6.45, 7) is 2.30. The Balaban J connectivity index is 2.23. The van der Waals surface area contributed by atoms with Crippen molar-refractivity contribution in [1.29, 1.82) is 0 Å². The van der Waals surface area contributed by atoms with Gasteiger partial charge in [-0.15, -0.1) is 5.10 Å². The molecule has 0 spiro atoms. The van der Waals surface area contributed by atoms with Crippen molar-refractivity contribution in [2.45, 2.75) is 23.7 Å². The first kappa shape index (κ1) is 12.3. The predicted molar refractivity (Wildman–Crippen MR) is 61.6 cm³/mol. The molecule has 0 aromatic carbocycles. The smallest absolute Gasteiger partial charge is 0.356 e. The molecule has 0 atom stereocenters. The molecular formula is C9H9N5O3S. The van der Waals surface area contributed by atoms with Gasteiger partial charge in [0, 0.05) is 6.54 Å². The van der Waals surface area contributed by atoms with Gasteiger partial charge in [-0.05, 0) is 18.7 Å². The molecule has 0 saturated carbocycles. The molecule has 0 amide bonds. The number of carboxylic acid groups (broad SMARTS) is 1. The van der Waals surface area contributed by atoms with Crippen molar-refractivity contribution in [3.8, 4) is 0 Å². The molecule has 18 heavy (non-hydrogen) atoms. The lowest BCUT2D eigenvalue weighted by molar-refractivity contribution is 0.0689. The van der Waals surface area contributed by atoms with E-state index >= 15 is 0 Å². The Hall–Kier alpha value is -2.16. The molecule has 0 aliphatic rings. The number of H-pyrrole nitrogens is 1. The molecule has 2 aromatic heterocycles. The first-order valence-corrected chi connectivity index (χ1v) is 5.82. The quantitative estimate of drug-likeness (QED) is 0.815. The van der Waals surface area contributed by atoms with Crippen LogP contribution in [0.5, 0.6) is 0 Å². The molecule has 0 aliphatic carbocycles. The van der Waals surface area contributed by atoms with Crippen LogP contribution >= 0.6 is 11.8 Å². The number of carbonyl (C=O) groups is 1. The fourth-order valence-corrected chi connectivity index (χ4v) is 2.04. The van der Waals surface area contributed by atoms with Gasteiger partial charge in [-0.3, -0.25) is 4.57 Å². The highest BCUT2D eigenvalue weighted by molar-refractivity contribution is 7.99. The Kier molecular flexibility index (Phi) is 3.42. The Bertz CT molecular complexity index is 618. The highest BCUT2D eigenvalue weighted by Gasteiger charge is 2.10. The molecule has 0 aliphatic heterocycles. The van der Waals surface area contributed by atoms with Gasteiger partial charge in [0.2, 0.25) is 0 Å². The van der Waals surface area contributed by atoms with E-state index in [1.54, 1.807) is 0 Å². The van der Waals surface area contributed by atoms with Gasteiger partial charge in [0.1, 0.15) is 5.03 Å². The monoisotopic (exact) mass is 267 g/mol. The number of nitrogens with one attached hydrogen (secondary N) is 1. The fourth-order valence-electron chi connectivity index (χ4n) is 1.23.